The Bertz CT molecular complexity index is 3610. The molecule has 0 N–H and O–H groups in total. The van der Waals surface area contributed by atoms with Gasteiger partial charge in [-0.1, -0.05) is 187 Å². The van der Waals surface area contributed by atoms with Crippen LogP contribution in [0.3, 0.4) is 0 Å². The molecule has 0 aliphatic heterocycles. The molecule has 0 radical (unpaired) electrons. The Morgan fingerprint density at radius 2 is 0.460 bits per heavy atom. The van der Waals surface area contributed by atoms with Crippen molar-refractivity contribution in [3.05, 3.63) is 215 Å². The molecule has 0 fully saturated rings. The zero-order valence-electron chi connectivity index (χ0n) is 36.8. The molecule has 3 aliphatic carbocycles. The Kier molecular flexibility index (Phi) is 7.29. The maximum absolute atomic E-state index is 2.48. The molecular formula is C63H48. The Labute approximate surface area is 370 Å². The molecule has 0 atom stereocenters. The van der Waals surface area contributed by atoms with Crippen molar-refractivity contribution >= 4 is 32.3 Å². The second-order valence-corrected chi connectivity index (χ2v) is 20.1. The molecule has 0 bridgehead atoms. The summed E-state index contributed by atoms with van der Waals surface area (Å²) in [5.74, 6) is 0. The predicted octanol–water partition coefficient (Wildman–Crippen LogP) is 17.1. The van der Waals surface area contributed by atoms with Crippen molar-refractivity contribution in [2.45, 2.75) is 57.8 Å². The Morgan fingerprint density at radius 1 is 0.206 bits per heavy atom. The van der Waals surface area contributed by atoms with Crippen molar-refractivity contribution in [2.75, 3.05) is 0 Å². The lowest BCUT2D eigenvalue weighted by Crippen LogP contribution is -2.16. The SMILES string of the molecule is CC1(C)c2ccccc2-c2ccc(-c3ccc4c(c3)C(C)(C)c3cc(-c5ccc6c(c5)C(C)(C)c5cc(-c7ccc8c9ccccc9c9ccccc9c8c7)ccc5-6)ccc3-4)cc21. The highest BCUT2D eigenvalue weighted by Crippen LogP contribution is 2.54. The van der Waals surface area contributed by atoms with Gasteiger partial charge in [-0.3, -0.25) is 0 Å². The molecule has 63 heavy (non-hydrogen) atoms. The van der Waals surface area contributed by atoms with Gasteiger partial charge in [0.25, 0.3) is 0 Å². The van der Waals surface area contributed by atoms with E-state index in [9.17, 15) is 0 Å². The molecular weight excluding hydrogens is 757 g/mol. The summed E-state index contributed by atoms with van der Waals surface area (Å²) in [7, 11) is 0. The maximum atomic E-state index is 2.48. The molecule has 0 saturated heterocycles. The monoisotopic (exact) mass is 804 g/mol. The third kappa shape index (κ3) is 4.98. The predicted molar refractivity (Wildman–Crippen MR) is 268 cm³/mol. The standard InChI is InChI=1S/C63H48/c1-61(2)55-18-12-11-17-48(55)49-26-21-39(33-56(49)61)40-22-28-52-53-30-24-42(36-60(53)63(5,6)59(52)34-40)41-23-29-51-50-27-20-38(32-57(50)62(3,4)58(51)35-41)37-19-25-47-45-15-8-7-13-43(45)44-14-9-10-16-46(44)54(47)31-37/h7-36H,1-6H3. The molecule has 0 saturated carbocycles. The van der Waals surface area contributed by atoms with Crippen LogP contribution in [0.2, 0.25) is 0 Å². The molecule has 3 aliphatic rings. The average Bonchev–Trinajstić information content (AvgIpc) is 3.79. The number of fused-ring (bicyclic) bond motifs is 15. The second-order valence-electron chi connectivity index (χ2n) is 20.1. The third-order valence-electron chi connectivity index (χ3n) is 15.7. The Morgan fingerprint density at radius 3 is 0.841 bits per heavy atom. The van der Waals surface area contributed by atoms with Gasteiger partial charge in [0.2, 0.25) is 0 Å². The van der Waals surface area contributed by atoms with Crippen LogP contribution >= 0.6 is 0 Å². The number of hydrogen-bond donors (Lipinski definition) is 0. The summed E-state index contributed by atoms with van der Waals surface area (Å²) >= 11 is 0. The van der Waals surface area contributed by atoms with Gasteiger partial charge in [0, 0.05) is 16.2 Å². The number of hydrogen-bond acceptors (Lipinski definition) is 0. The third-order valence-corrected chi connectivity index (χ3v) is 15.7. The van der Waals surface area contributed by atoms with Crippen LogP contribution < -0.4 is 0 Å². The molecule has 0 amide bonds. The van der Waals surface area contributed by atoms with Crippen molar-refractivity contribution in [1.82, 2.24) is 0 Å². The minimum atomic E-state index is -0.144. The van der Waals surface area contributed by atoms with E-state index in [0.717, 1.165) is 0 Å². The minimum Gasteiger partial charge on any atom is -0.0619 e. The van der Waals surface area contributed by atoms with Gasteiger partial charge in [-0.15, -0.1) is 0 Å². The highest BCUT2D eigenvalue weighted by atomic mass is 14.4. The molecule has 0 nitrogen and oxygen atoms in total. The topological polar surface area (TPSA) is 0 Å². The van der Waals surface area contributed by atoms with Crippen LogP contribution in [-0.4, -0.2) is 0 Å². The smallest absolute Gasteiger partial charge is 0.0159 e. The van der Waals surface area contributed by atoms with Crippen LogP contribution in [0.15, 0.2) is 182 Å². The average molecular weight is 805 g/mol. The molecule has 0 unspecified atom stereocenters. The van der Waals surface area contributed by atoms with Gasteiger partial charge < -0.3 is 0 Å². The summed E-state index contributed by atoms with van der Waals surface area (Å²) in [6, 6.07) is 69.5. The van der Waals surface area contributed by atoms with Gasteiger partial charge >= 0.3 is 0 Å². The first kappa shape index (κ1) is 36.6. The maximum Gasteiger partial charge on any atom is 0.0159 e. The van der Waals surface area contributed by atoms with E-state index in [-0.39, 0.29) is 16.2 Å². The summed E-state index contributed by atoms with van der Waals surface area (Å²) in [6.07, 6.45) is 0. The molecule has 0 heterocycles. The van der Waals surface area contributed by atoms with Crippen LogP contribution in [-0.2, 0) is 16.2 Å². The van der Waals surface area contributed by atoms with E-state index in [1.165, 1.54) is 132 Å². The van der Waals surface area contributed by atoms with Crippen molar-refractivity contribution in [2.24, 2.45) is 0 Å². The van der Waals surface area contributed by atoms with Crippen molar-refractivity contribution < 1.29 is 0 Å². The lowest BCUT2D eigenvalue weighted by Gasteiger charge is -2.24. The fourth-order valence-electron chi connectivity index (χ4n) is 12.2. The summed E-state index contributed by atoms with van der Waals surface area (Å²) < 4.78 is 0. The molecule has 13 rings (SSSR count). The van der Waals surface area contributed by atoms with Gasteiger partial charge in [-0.05, 0) is 169 Å². The quantitative estimate of drug-likeness (QED) is 0.156. The first-order valence-electron chi connectivity index (χ1n) is 22.7. The van der Waals surface area contributed by atoms with Crippen molar-refractivity contribution in [1.29, 1.82) is 0 Å². The largest absolute Gasteiger partial charge is 0.0619 e. The first-order valence-corrected chi connectivity index (χ1v) is 22.7. The van der Waals surface area contributed by atoms with Crippen LogP contribution in [0, 0.1) is 0 Å². The van der Waals surface area contributed by atoms with E-state index >= 15 is 0 Å². The molecule has 0 spiro atoms. The fourth-order valence-corrected chi connectivity index (χ4v) is 12.2. The van der Waals surface area contributed by atoms with Gasteiger partial charge in [0.05, 0.1) is 0 Å². The minimum absolute atomic E-state index is 0.0204. The summed E-state index contributed by atoms with van der Waals surface area (Å²) in [6.45, 7) is 14.4. The number of benzene rings is 10. The molecule has 300 valence electrons. The van der Waals surface area contributed by atoms with Gasteiger partial charge in [-0.25, -0.2) is 0 Å². The van der Waals surface area contributed by atoms with Crippen LogP contribution in [0.1, 0.15) is 74.9 Å². The van der Waals surface area contributed by atoms with E-state index in [1.54, 1.807) is 0 Å². The van der Waals surface area contributed by atoms with Gasteiger partial charge in [-0.2, -0.15) is 0 Å². The van der Waals surface area contributed by atoms with Crippen LogP contribution in [0.5, 0.6) is 0 Å². The van der Waals surface area contributed by atoms with E-state index in [4.69, 9.17) is 0 Å². The highest BCUT2D eigenvalue weighted by molar-refractivity contribution is 6.25. The lowest BCUT2D eigenvalue weighted by molar-refractivity contribution is 0.659. The van der Waals surface area contributed by atoms with Crippen molar-refractivity contribution in [3.63, 3.8) is 0 Å². The van der Waals surface area contributed by atoms with Gasteiger partial charge in [0.15, 0.2) is 0 Å². The Hall–Kier alpha value is -7.02. The molecule has 10 aromatic carbocycles. The summed E-state index contributed by atoms with van der Waals surface area (Å²) in [5, 5.41) is 7.87. The van der Waals surface area contributed by atoms with E-state index in [2.05, 4.69) is 224 Å². The van der Waals surface area contributed by atoms with E-state index < -0.39 is 0 Å². The summed E-state index contributed by atoms with van der Waals surface area (Å²) in [5.41, 5.74) is 24.0. The second kappa shape index (κ2) is 12.6. The summed E-state index contributed by atoms with van der Waals surface area (Å²) in [4.78, 5) is 0. The van der Waals surface area contributed by atoms with Crippen molar-refractivity contribution in [3.8, 4) is 66.8 Å². The molecule has 0 heteroatoms. The van der Waals surface area contributed by atoms with Gasteiger partial charge in [0.1, 0.15) is 0 Å². The Balaban J connectivity index is 0.834. The zero-order chi connectivity index (χ0) is 42.6. The molecule has 0 aromatic heterocycles. The lowest BCUT2D eigenvalue weighted by atomic mass is 9.79. The molecule has 10 aromatic rings. The fraction of sp³-hybridized carbons (Fsp3) is 0.143. The highest BCUT2D eigenvalue weighted by Gasteiger charge is 2.39. The first-order chi connectivity index (χ1) is 30.5. The number of rotatable bonds is 3. The van der Waals surface area contributed by atoms with E-state index in [1.807, 2.05) is 0 Å². The normalized spacial score (nSPS) is 15.5. The zero-order valence-corrected chi connectivity index (χ0v) is 36.8. The van der Waals surface area contributed by atoms with E-state index in [0.29, 0.717) is 0 Å². The van der Waals surface area contributed by atoms with Crippen LogP contribution in [0.4, 0.5) is 0 Å². The van der Waals surface area contributed by atoms with Crippen LogP contribution in [0.25, 0.3) is 99.1 Å².